The summed E-state index contributed by atoms with van der Waals surface area (Å²) in [4.78, 5) is 11.8. The minimum atomic E-state index is -5.42. The van der Waals surface area contributed by atoms with Gasteiger partial charge in [0.05, 0.1) is 13.0 Å². The lowest BCUT2D eigenvalue weighted by Crippen LogP contribution is -2.65. The average Bonchev–Trinajstić information content (AvgIpc) is 2.58. The normalized spacial score (nSPS) is 26.2. The van der Waals surface area contributed by atoms with Crippen LogP contribution in [0.15, 0.2) is 41.7 Å². The summed E-state index contributed by atoms with van der Waals surface area (Å²) in [6.07, 6.45) is -5.34. The van der Waals surface area contributed by atoms with E-state index in [4.69, 9.17) is 5.73 Å². The van der Waals surface area contributed by atoms with Crippen LogP contribution in [0.25, 0.3) is 5.57 Å². The smallest absolute Gasteiger partial charge is 0.405 e. The van der Waals surface area contributed by atoms with Crippen LogP contribution < -0.4 is 5.73 Å². The van der Waals surface area contributed by atoms with Crippen molar-refractivity contribution in [1.82, 2.24) is 0 Å². The van der Waals surface area contributed by atoms with E-state index in [1.165, 1.54) is 13.0 Å². The van der Waals surface area contributed by atoms with E-state index >= 15 is 8.78 Å². The number of hydrogen-bond donors (Lipinski definition) is 1. The molecule has 0 radical (unpaired) electrons. The Bertz CT molecular complexity index is 857. The Hall–Kier alpha value is -2.22. The standard InChI is InChI=1S/C21H24F5NO2/c1-5-29-17(28)11-16(27)20(21(24,25)26)18(22)13(3)10-15(19(20,4)23)14-9-7-6-8-12(14)2/h6-10,16H,5,11,27H2,1-4H3. The first-order chi connectivity index (χ1) is 13.3. The van der Waals surface area contributed by atoms with Gasteiger partial charge in [-0.1, -0.05) is 24.3 Å². The Morgan fingerprint density at radius 1 is 1.24 bits per heavy atom. The van der Waals surface area contributed by atoms with E-state index in [1.807, 2.05) is 0 Å². The summed E-state index contributed by atoms with van der Waals surface area (Å²) in [6.45, 7) is 4.77. The summed E-state index contributed by atoms with van der Waals surface area (Å²) >= 11 is 0. The van der Waals surface area contributed by atoms with E-state index < -0.39 is 47.1 Å². The third kappa shape index (κ3) is 3.58. The molecule has 0 aliphatic heterocycles. The fourth-order valence-corrected chi connectivity index (χ4v) is 4.02. The fourth-order valence-electron chi connectivity index (χ4n) is 4.02. The van der Waals surface area contributed by atoms with Crippen LogP contribution in [0.5, 0.6) is 0 Å². The maximum atomic E-state index is 16.2. The Labute approximate surface area is 166 Å². The monoisotopic (exact) mass is 417 g/mol. The molecule has 0 amide bonds. The van der Waals surface area contributed by atoms with Gasteiger partial charge >= 0.3 is 12.1 Å². The van der Waals surface area contributed by atoms with Crippen LogP contribution in [0.2, 0.25) is 0 Å². The summed E-state index contributed by atoms with van der Waals surface area (Å²) in [5.41, 5.74) is -1.29. The molecule has 0 heterocycles. The van der Waals surface area contributed by atoms with Crippen molar-refractivity contribution in [3.05, 3.63) is 52.9 Å². The van der Waals surface area contributed by atoms with Gasteiger partial charge in [0, 0.05) is 6.04 Å². The minimum Gasteiger partial charge on any atom is -0.466 e. The number of alkyl halides is 4. The Morgan fingerprint density at radius 2 is 1.83 bits per heavy atom. The van der Waals surface area contributed by atoms with E-state index in [1.54, 1.807) is 25.1 Å². The van der Waals surface area contributed by atoms with Crippen molar-refractivity contribution < 1.29 is 31.5 Å². The highest BCUT2D eigenvalue weighted by atomic mass is 19.4. The summed E-state index contributed by atoms with van der Waals surface area (Å²) in [5.74, 6) is -2.79. The molecule has 0 saturated carbocycles. The van der Waals surface area contributed by atoms with Crippen molar-refractivity contribution in [2.24, 2.45) is 11.1 Å². The first-order valence-electron chi connectivity index (χ1n) is 9.14. The van der Waals surface area contributed by atoms with Gasteiger partial charge in [-0.3, -0.25) is 4.79 Å². The van der Waals surface area contributed by atoms with Crippen LogP contribution in [0.1, 0.15) is 38.3 Å². The number of allylic oxidation sites excluding steroid dienone is 3. The van der Waals surface area contributed by atoms with Gasteiger partial charge in [0.1, 0.15) is 5.83 Å². The summed E-state index contributed by atoms with van der Waals surface area (Å²) < 4.78 is 79.4. The van der Waals surface area contributed by atoms with Crippen molar-refractivity contribution in [2.45, 2.75) is 52.0 Å². The number of benzene rings is 1. The number of rotatable bonds is 5. The summed E-state index contributed by atoms with van der Waals surface area (Å²) in [7, 11) is 0. The highest BCUT2D eigenvalue weighted by Gasteiger charge is 2.74. The topological polar surface area (TPSA) is 52.3 Å². The number of nitrogens with two attached hydrogens (primary N) is 1. The van der Waals surface area contributed by atoms with E-state index in [0.717, 1.165) is 13.0 Å². The van der Waals surface area contributed by atoms with Gasteiger partial charge < -0.3 is 10.5 Å². The number of esters is 1. The molecule has 1 aromatic carbocycles. The van der Waals surface area contributed by atoms with E-state index in [-0.39, 0.29) is 17.7 Å². The maximum Gasteiger partial charge on any atom is 0.405 e. The van der Waals surface area contributed by atoms with Crippen LogP contribution in [0.3, 0.4) is 0 Å². The van der Waals surface area contributed by atoms with Gasteiger partial charge in [-0.2, -0.15) is 13.2 Å². The van der Waals surface area contributed by atoms with Crippen LogP contribution in [-0.2, 0) is 9.53 Å². The quantitative estimate of drug-likeness (QED) is 0.530. The highest BCUT2D eigenvalue weighted by molar-refractivity contribution is 5.80. The molecule has 2 rings (SSSR count). The van der Waals surface area contributed by atoms with Crippen molar-refractivity contribution >= 4 is 11.5 Å². The lowest BCUT2D eigenvalue weighted by atomic mass is 9.59. The van der Waals surface area contributed by atoms with Crippen LogP contribution in [0, 0.1) is 12.3 Å². The molecule has 8 heteroatoms. The minimum absolute atomic E-state index is 0.0941. The van der Waals surface area contributed by atoms with E-state index in [9.17, 15) is 18.0 Å². The molecule has 29 heavy (non-hydrogen) atoms. The van der Waals surface area contributed by atoms with E-state index in [0.29, 0.717) is 12.5 Å². The number of aryl methyl sites for hydroxylation is 1. The predicted molar refractivity (Wildman–Crippen MR) is 100 cm³/mol. The SMILES string of the molecule is CCOC(=O)CC(N)C1(C(F)(F)F)C(F)=C(C)C=C(c2ccccc2C)C1(C)F. The molecule has 1 aromatic rings. The van der Waals surface area contributed by atoms with Crippen LogP contribution in [0.4, 0.5) is 22.0 Å². The van der Waals surface area contributed by atoms with Gasteiger partial charge in [-0.25, -0.2) is 8.78 Å². The molecular formula is C21H24F5NO2. The zero-order chi connectivity index (χ0) is 22.2. The molecule has 1 aliphatic carbocycles. The van der Waals surface area contributed by atoms with Gasteiger partial charge in [0.2, 0.25) is 0 Å². The second-order valence-electron chi connectivity index (χ2n) is 7.29. The Balaban J connectivity index is 2.78. The largest absolute Gasteiger partial charge is 0.466 e. The molecule has 0 saturated heterocycles. The third-order valence-electron chi connectivity index (χ3n) is 5.43. The summed E-state index contributed by atoms with van der Waals surface area (Å²) in [5, 5.41) is 0. The second-order valence-corrected chi connectivity index (χ2v) is 7.29. The molecule has 0 fully saturated rings. The molecular weight excluding hydrogens is 393 g/mol. The first-order valence-corrected chi connectivity index (χ1v) is 9.14. The zero-order valence-electron chi connectivity index (χ0n) is 16.7. The number of ether oxygens (including phenoxy) is 1. The highest BCUT2D eigenvalue weighted by Crippen LogP contribution is 2.63. The molecule has 1 aliphatic rings. The number of carbonyl (C=O) groups excluding carboxylic acids is 1. The van der Waals surface area contributed by atoms with Gasteiger partial charge in [0.15, 0.2) is 11.1 Å². The molecule has 3 nitrogen and oxygen atoms in total. The number of hydrogen-bond acceptors (Lipinski definition) is 3. The van der Waals surface area contributed by atoms with Gasteiger partial charge in [0.25, 0.3) is 0 Å². The lowest BCUT2D eigenvalue weighted by molar-refractivity contribution is -0.254. The Kier molecular flexibility index (Phi) is 6.28. The predicted octanol–water partition coefficient (Wildman–Crippen LogP) is 5.19. The van der Waals surface area contributed by atoms with Gasteiger partial charge in [-0.15, -0.1) is 0 Å². The van der Waals surface area contributed by atoms with Crippen LogP contribution in [-0.4, -0.2) is 30.5 Å². The Morgan fingerprint density at radius 3 is 2.34 bits per heavy atom. The second kappa shape index (κ2) is 7.89. The molecule has 0 aromatic heterocycles. The lowest BCUT2D eigenvalue weighted by Gasteiger charge is -2.50. The number of carbonyl (C=O) groups is 1. The molecule has 160 valence electrons. The van der Waals surface area contributed by atoms with E-state index in [2.05, 4.69) is 4.74 Å². The van der Waals surface area contributed by atoms with Crippen molar-refractivity contribution in [1.29, 1.82) is 0 Å². The summed E-state index contributed by atoms with van der Waals surface area (Å²) in [6, 6.07) is 4.05. The molecule has 0 bridgehead atoms. The van der Waals surface area contributed by atoms with Gasteiger partial charge in [-0.05, 0) is 56.0 Å². The molecule has 2 N–H and O–H groups in total. The van der Waals surface area contributed by atoms with Crippen molar-refractivity contribution in [2.75, 3.05) is 6.61 Å². The molecule has 3 atom stereocenters. The maximum absolute atomic E-state index is 16.2. The molecule has 0 spiro atoms. The number of halogens is 5. The molecule has 3 unspecified atom stereocenters. The fraction of sp³-hybridized carbons (Fsp3) is 0.476. The van der Waals surface area contributed by atoms with Crippen LogP contribution >= 0.6 is 0 Å². The third-order valence-corrected chi connectivity index (χ3v) is 5.43. The zero-order valence-corrected chi connectivity index (χ0v) is 16.7. The average molecular weight is 417 g/mol. The van der Waals surface area contributed by atoms with Crippen molar-refractivity contribution in [3.8, 4) is 0 Å². The first kappa shape index (κ1) is 23.1. The van der Waals surface area contributed by atoms with Crippen molar-refractivity contribution in [3.63, 3.8) is 0 Å².